The van der Waals surface area contributed by atoms with Crippen molar-refractivity contribution >= 4 is 22.4 Å². The summed E-state index contributed by atoms with van der Waals surface area (Å²) < 4.78 is 38.3. The second-order valence-corrected chi connectivity index (χ2v) is 5.28. The van der Waals surface area contributed by atoms with Crippen LogP contribution in [0.15, 0.2) is 65.8 Å². The summed E-state index contributed by atoms with van der Waals surface area (Å²) in [6.07, 6.45) is -4.37. The lowest BCUT2D eigenvalue weighted by molar-refractivity contribution is -0.137. The van der Waals surface area contributed by atoms with Gasteiger partial charge in [0.15, 0.2) is 0 Å². The number of rotatable bonds is 3. The van der Waals surface area contributed by atoms with Crippen molar-refractivity contribution in [1.82, 2.24) is 4.98 Å². The van der Waals surface area contributed by atoms with E-state index >= 15 is 0 Å². The zero-order valence-electron chi connectivity index (χ0n) is 12.8. The second-order valence-electron chi connectivity index (χ2n) is 5.28. The molecule has 0 saturated carbocycles. The number of nitrogens with one attached hydrogen (secondary N) is 1. The quantitative estimate of drug-likeness (QED) is 0.537. The molecule has 0 atom stereocenters. The van der Waals surface area contributed by atoms with Crippen LogP contribution in [0.3, 0.4) is 0 Å². The summed E-state index contributed by atoms with van der Waals surface area (Å²) in [5.74, 6) is 0.528. The van der Waals surface area contributed by atoms with E-state index in [9.17, 15) is 13.2 Å². The molecule has 0 aliphatic rings. The number of hydrazone groups is 1. The smallest absolute Gasteiger partial charge is 0.261 e. The monoisotopic (exact) mass is 329 g/mol. The summed E-state index contributed by atoms with van der Waals surface area (Å²) in [4.78, 5) is 4.40. The minimum absolute atomic E-state index is 0.401. The highest BCUT2D eigenvalue weighted by atomic mass is 19.4. The molecule has 0 aliphatic heterocycles. The number of pyridine rings is 1. The Morgan fingerprint density at radius 2 is 1.79 bits per heavy atom. The van der Waals surface area contributed by atoms with Gasteiger partial charge in [0.05, 0.1) is 16.8 Å². The summed E-state index contributed by atoms with van der Waals surface area (Å²) in [6.45, 7) is 1.64. The van der Waals surface area contributed by atoms with Crippen LogP contribution in [0.5, 0.6) is 0 Å². The number of hydrogen-bond acceptors (Lipinski definition) is 3. The highest BCUT2D eigenvalue weighted by Gasteiger charge is 2.30. The third-order valence-corrected chi connectivity index (χ3v) is 3.54. The molecule has 0 fully saturated rings. The van der Waals surface area contributed by atoms with Crippen molar-refractivity contribution in [3.05, 3.63) is 71.8 Å². The van der Waals surface area contributed by atoms with Gasteiger partial charge in [0.25, 0.3) is 0 Å². The van der Waals surface area contributed by atoms with Crippen molar-refractivity contribution in [2.45, 2.75) is 13.1 Å². The Kier molecular flexibility index (Phi) is 4.20. The van der Waals surface area contributed by atoms with E-state index in [1.54, 1.807) is 19.1 Å². The number of hydrogen-bond donors (Lipinski definition) is 1. The maximum Gasteiger partial charge on any atom is 0.416 e. The predicted molar refractivity (Wildman–Crippen MR) is 89.0 cm³/mol. The lowest BCUT2D eigenvalue weighted by Crippen LogP contribution is -2.07. The van der Waals surface area contributed by atoms with Crippen LogP contribution in [0.4, 0.5) is 19.0 Å². The first-order valence-electron chi connectivity index (χ1n) is 7.27. The zero-order valence-corrected chi connectivity index (χ0v) is 12.8. The highest BCUT2D eigenvalue weighted by Crippen LogP contribution is 2.29. The van der Waals surface area contributed by atoms with Gasteiger partial charge in [-0.2, -0.15) is 18.3 Å². The summed E-state index contributed by atoms with van der Waals surface area (Å²) in [7, 11) is 0. The highest BCUT2D eigenvalue weighted by molar-refractivity contribution is 5.99. The van der Waals surface area contributed by atoms with Gasteiger partial charge in [0, 0.05) is 5.39 Å². The number of benzene rings is 2. The average molecular weight is 329 g/mol. The molecule has 0 unspecified atom stereocenters. The van der Waals surface area contributed by atoms with Crippen LogP contribution < -0.4 is 5.43 Å². The minimum Gasteiger partial charge on any atom is -0.261 e. The molecule has 0 spiro atoms. The molecule has 24 heavy (non-hydrogen) atoms. The van der Waals surface area contributed by atoms with Crippen LogP contribution >= 0.6 is 0 Å². The van der Waals surface area contributed by atoms with E-state index in [0.29, 0.717) is 17.1 Å². The fraction of sp³-hybridized carbons (Fsp3) is 0.111. The van der Waals surface area contributed by atoms with Gasteiger partial charge in [-0.05, 0) is 42.8 Å². The van der Waals surface area contributed by atoms with E-state index in [1.165, 1.54) is 6.07 Å². The average Bonchev–Trinajstić information content (AvgIpc) is 2.59. The van der Waals surface area contributed by atoms with E-state index in [0.717, 1.165) is 23.0 Å². The van der Waals surface area contributed by atoms with E-state index < -0.39 is 11.7 Å². The summed E-state index contributed by atoms with van der Waals surface area (Å²) in [5, 5.41) is 5.13. The number of halogens is 3. The van der Waals surface area contributed by atoms with Crippen LogP contribution in [-0.4, -0.2) is 10.7 Å². The number of anilines is 1. The molecule has 0 radical (unpaired) electrons. The number of fused-ring (bicyclic) bond motifs is 1. The van der Waals surface area contributed by atoms with Crippen LogP contribution in [0, 0.1) is 0 Å². The van der Waals surface area contributed by atoms with Gasteiger partial charge in [-0.25, -0.2) is 4.98 Å². The van der Waals surface area contributed by atoms with Crippen molar-refractivity contribution < 1.29 is 13.2 Å². The number of nitrogens with zero attached hydrogens (tertiary/aromatic N) is 2. The summed E-state index contributed by atoms with van der Waals surface area (Å²) in [5.41, 5.74) is 3.75. The third-order valence-electron chi connectivity index (χ3n) is 3.54. The largest absolute Gasteiger partial charge is 0.416 e. The summed E-state index contributed by atoms with van der Waals surface area (Å²) in [6, 6.07) is 16.4. The molecule has 0 aliphatic carbocycles. The number of alkyl halides is 3. The maximum absolute atomic E-state index is 12.8. The first-order valence-corrected chi connectivity index (χ1v) is 7.27. The molecule has 3 nitrogen and oxygen atoms in total. The Bertz CT molecular complexity index is 901. The molecule has 1 aromatic heterocycles. The van der Waals surface area contributed by atoms with Gasteiger partial charge in [0.1, 0.15) is 5.82 Å². The molecule has 1 heterocycles. The van der Waals surface area contributed by atoms with Crippen LogP contribution in [0.1, 0.15) is 18.1 Å². The Balaban J connectivity index is 1.83. The first kappa shape index (κ1) is 16.0. The Labute approximate surface area is 136 Å². The van der Waals surface area contributed by atoms with Crippen molar-refractivity contribution in [1.29, 1.82) is 0 Å². The van der Waals surface area contributed by atoms with Gasteiger partial charge in [-0.15, -0.1) is 0 Å². The van der Waals surface area contributed by atoms with Gasteiger partial charge >= 0.3 is 6.18 Å². The molecule has 1 N–H and O–H groups in total. The van der Waals surface area contributed by atoms with Crippen molar-refractivity contribution in [2.75, 3.05) is 5.43 Å². The first-order chi connectivity index (χ1) is 11.4. The fourth-order valence-electron chi connectivity index (χ4n) is 2.25. The number of para-hydroxylation sites is 1. The molecular formula is C18H14F3N3. The van der Waals surface area contributed by atoms with Gasteiger partial charge in [-0.3, -0.25) is 5.43 Å². The maximum atomic E-state index is 12.8. The number of aromatic nitrogens is 1. The van der Waals surface area contributed by atoms with E-state index in [-0.39, 0.29) is 0 Å². The Hall–Kier alpha value is -2.89. The van der Waals surface area contributed by atoms with Gasteiger partial charge < -0.3 is 0 Å². The zero-order chi connectivity index (χ0) is 17.2. The van der Waals surface area contributed by atoms with E-state index in [1.807, 2.05) is 30.3 Å². The van der Waals surface area contributed by atoms with Gasteiger partial charge in [0.2, 0.25) is 0 Å². The fourth-order valence-corrected chi connectivity index (χ4v) is 2.25. The molecule has 0 bridgehead atoms. The predicted octanol–water partition coefficient (Wildman–Crippen LogP) is 5.09. The van der Waals surface area contributed by atoms with E-state index in [2.05, 4.69) is 15.5 Å². The third kappa shape index (κ3) is 3.53. The molecule has 122 valence electrons. The van der Waals surface area contributed by atoms with Crippen molar-refractivity contribution in [3.8, 4) is 0 Å². The van der Waals surface area contributed by atoms with Crippen LogP contribution in [0.25, 0.3) is 10.9 Å². The summed E-state index contributed by atoms with van der Waals surface area (Å²) >= 11 is 0. The normalized spacial score (nSPS) is 12.4. The molecular weight excluding hydrogens is 315 g/mol. The molecule has 0 amide bonds. The second kappa shape index (κ2) is 6.31. The van der Waals surface area contributed by atoms with Crippen LogP contribution in [-0.2, 0) is 6.18 Å². The Morgan fingerprint density at radius 3 is 2.58 bits per heavy atom. The molecule has 3 rings (SSSR count). The van der Waals surface area contributed by atoms with E-state index in [4.69, 9.17) is 0 Å². The molecule has 2 aromatic carbocycles. The molecule has 3 aromatic rings. The minimum atomic E-state index is -4.37. The molecule has 0 saturated heterocycles. The van der Waals surface area contributed by atoms with Gasteiger partial charge in [-0.1, -0.05) is 30.3 Å². The Morgan fingerprint density at radius 1 is 1.00 bits per heavy atom. The topological polar surface area (TPSA) is 37.3 Å². The lowest BCUT2D eigenvalue weighted by Gasteiger charge is -2.09. The standard InChI is InChI=1S/C18H14F3N3/c1-12(14-6-4-7-15(11-14)18(19,20)21)23-24-17-10-9-13-5-2-3-8-16(13)22-17/h2-11H,1H3,(H,22,24)/b23-12+. The SMILES string of the molecule is C/C(=N\Nc1ccc2ccccc2n1)c1cccc(C(F)(F)F)c1. The van der Waals surface area contributed by atoms with Crippen molar-refractivity contribution in [2.24, 2.45) is 5.10 Å². The molecule has 6 heteroatoms. The van der Waals surface area contributed by atoms with Crippen LogP contribution in [0.2, 0.25) is 0 Å². The lowest BCUT2D eigenvalue weighted by atomic mass is 10.1. The van der Waals surface area contributed by atoms with Crippen molar-refractivity contribution in [3.63, 3.8) is 0 Å².